The first-order chi connectivity index (χ1) is 11.9. The minimum Gasteiger partial charge on any atom is -0.466 e. The number of rotatable bonds is 5. The first-order valence-electron chi connectivity index (χ1n) is 8.03. The second-order valence-electron chi connectivity index (χ2n) is 6.13. The summed E-state index contributed by atoms with van der Waals surface area (Å²) in [6.45, 7) is 1.44. The second-order valence-corrected chi connectivity index (χ2v) is 6.13. The minimum absolute atomic E-state index is 0.0968. The van der Waals surface area contributed by atoms with Gasteiger partial charge in [0.2, 0.25) is 0 Å². The van der Waals surface area contributed by atoms with Crippen LogP contribution in [0.4, 0.5) is 0 Å². The Morgan fingerprint density at radius 3 is 2.28 bits per heavy atom. The fourth-order valence-electron chi connectivity index (χ4n) is 2.79. The van der Waals surface area contributed by atoms with Gasteiger partial charge in [0.15, 0.2) is 0 Å². The van der Waals surface area contributed by atoms with E-state index < -0.39 is 43.1 Å². The third-order valence-corrected chi connectivity index (χ3v) is 4.33. The maximum Gasteiger partial charge on any atom is 0.330 e. The maximum absolute atomic E-state index is 11.7. The van der Waals surface area contributed by atoms with Crippen molar-refractivity contribution >= 4 is 11.5 Å². The first kappa shape index (κ1) is 19.6. The lowest BCUT2D eigenvalue weighted by Gasteiger charge is -2.40. The lowest BCUT2D eigenvalue weighted by molar-refractivity contribution is -0.227. The molecular formula is C18H24O7. The monoisotopic (exact) mass is 352 g/mol. The Morgan fingerprint density at radius 2 is 1.72 bits per heavy atom. The molecule has 1 aromatic carbocycles. The Labute approximate surface area is 146 Å². The number of carbonyl (C=O) groups excluding carboxylic acids is 1. The molecule has 25 heavy (non-hydrogen) atoms. The SMILES string of the molecule is COC(=O)/C=C(\C[C@@H]1O[C@H](CO)[C@H](O)[C@H](O)[C@H]1O)c1ccc(C)cc1. The minimum atomic E-state index is -1.45. The number of aryl methyl sites for hydroxylation is 1. The van der Waals surface area contributed by atoms with Crippen LogP contribution in [0.25, 0.3) is 5.57 Å². The highest BCUT2D eigenvalue weighted by atomic mass is 16.5. The van der Waals surface area contributed by atoms with Crippen LogP contribution in [0.15, 0.2) is 30.3 Å². The summed E-state index contributed by atoms with van der Waals surface area (Å²) in [5, 5.41) is 39.2. The lowest BCUT2D eigenvalue weighted by atomic mass is 9.89. The predicted molar refractivity (Wildman–Crippen MR) is 89.6 cm³/mol. The van der Waals surface area contributed by atoms with Crippen LogP contribution in [0.2, 0.25) is 0 Å². The Hall–Kier alpha value is -1.77. The number of hydrogen-bond acceptors (Lipinski definition) is 7. The van der Waals surface area contributed by atoms with Gasteiger partial charge in [0.1, 0.15) is 24.4 Å². The molecule has 1 heterocycles. The van der Waals surface area contributed by atoms with E-state index in [1.54, 1.807) is 0 Å². The van der Waals surface area contributed by atoms with Crippen LogP contribution in [0, 0.1) is 6.92 Å². The van der Waals surface area contributed by atoms with Crippen molar-refractivity contribution in [2.24, 2.45) is 0 Å². The molecule has 1 aliphatic heterocycles. The van der Waals surface area contributed by atoms with Gasteiger partial charge in [-0.1, -0.05) is 29.8 Å². The number of carbonyl (C=O) groups is 1. The van der Waals surface area contributed by atoms with Gasteiger partial charge in [-0.25, -0.2) is 4.79 Å². The van der Waals surface area contributed by atoms with Crippen LogP contribution in [0.1, 0.15) is 17.5 Å². The van der Waals surface area contributed by atoms with Gasteiger partial charge >= 0.3 is 5.97 Å². The van der Waals surface area contributed by atoms with Gasteiger partial charge in [0.25, 0.3) is 0 Å². The van der Waals surface area contributed by atoms with E-state index in [-0.39, 0.29) is 6.42 Å². The van der Waals surface area contributed by atoms with E-state index in [2.05, 4.69) is 4.74 Å². The molecule has 0 aromatic heterocycles. The summed E-state index contributed by atoms with van der Waals surface area (Å²) in [4.78, 5) is 11.7. The number of aliphatic hydroxyl groups excluding tert-OH is 4. The molecule has 0 saturated carbocycles. The number of benzene rings is 1. The topological polar surface area (TPSA) is 116 Å². The van der Waals surface area contributed by atoms with E-state index in [0.717, 1.165) is 11.1 Å². The van der Waals surface area contributed by atoms with E-state index in [9.17, 15) is 25.2 Å². The number of esters is 1. The molecule has 7 nitrogen and oxygen atoms in total. The summed E-state index contributed by atoms with van der Waals surface area (Å²) in [7, 11) is 1.26. The van der Waals surface area contributed by atoms with Gasteiger partial charge in [-0.3, -0.25) is 0 Å². The van der Waals surface area contributed by atoms with Gasteiger partial charge in [-0.05, 0) is 18.1 Å². The van der Waals surface area contributed by atoms with Gasteiger partial charge in [0, 0.05) is 12.5 Å². The fraction of sp³-hybridized carbons (Fsp3) is 0.500. The van der Waals surface area contributed by atoms with Crippen molar-refractivity contribution in [3.05, 3.63) is 41.5 Å². The van der Waals surface area contributed by atoms with Gasteiger partial charge in [0.05, 0.1) is 19.8 Å². The van der Waals surface area contributed by atoms with Crippen molar-refractivity contribution < 1.29 is 34.7 Å². The van der Waals surface area contributed by atoms with Crippen molar-refractivity contribution in [1.82, 2.24) is 0 Å². The molecule has 0 bridgehead atoms. The molecule has 5 atom stereocenters. The van der Waals surface area contributed by atoms with Gasteiger partial charge < -0.3 is 29.9 Å². The number of aliphatic hydroxyl groups is 4. The van der Waals surface area contributed by atoms with Crippen molar-refractivity contribution in [1.29, 1.82) is 0 Å². The standard InChI is InChI=1S/C18H24O7/c1-10-3-5-11(6-4-10)12(8-15(20)24-2)7-13-16(21)18(23)17(22)14(9-19)25-13/h3-6,8,13-14,16-19,21-23H,7,9H2,1-2H3/b12-8+/t13-,14+,16-,17-,18+/m0/s1. The van der Waals surface area contributed by atoms with Gasteiger partial charge in [-0.2, -0.15) is 0 Å². The molecule has 2 rings (SSSR count). The molecule has 1 saturated heterocycles. The average Bonchev–Trinajstić information content (AvgIpc) is 2.61. The van der Waals surface area contributed by atoms with E-state index in [1.165, 1.54) is 13.2 Å². The molecule has 0 radical (unpaired) electrons. The maximum atomic E-state index is 11.7. The lowest BCUT2D eigenvalue weighted by Crippen LogP contribution is -2.58. The highest BCUT2D eigenvalue weighted by molar-refractivity contribution is 5.91. The molecular weight excluding hydrogens is 328 g/mol. The summed E-state index contributed by atoms with van der Waals surface area (Å²) in [6, 6.07) is 7.42. The average molecular weight is 352 g/mol. The zero-order valence-corrected chi connectivity index (χ0v) is 14.2. The number of methoxy groups -OCH3 is 1. The smallest absolute Gasteiger partial charge is 0.330 e. The number of ether oxygens (including phenoxy) is 2. The highest BCUT2D eigenvalue weighted by Crippen LogP contribution is 2.29. The molecule has 138 valence electrons. The van der Waals surface area contributed by atoms with Crippen LogP contribution >= 0.6 is 0 Å². The largest absolute Gasteiger partial charge is 0.466 e. The van der Waals surface area contributed by atoms with Crippen molar-refractivity contribution in [2.75, 3.05) is 13.7 Å². The summed E-state index contributed by atoms with van der Waals surface area (Å²) >= 11 is 0. The molecule has 0 unspecified atom stereocenters. The Kier molecular flexibility index (Phi) is 6.69. The quantitative estimate of drug-likeness (QED) is 0.428. The van der Waals surface area contributed by atoms with Crippen LogP contribution in [-0.2, 0) is 14.3 Å². The third-order valence-electron chi connectivity index (χ3n) is 4.33. The van der Waals surface area contributed by atoms with Crippen molar-refractivity contribution in [2.45, 2.75) is 43.9 Å². The van der Waals surface area contributed by atoms with E-state index in [0.29, 0.717) is 5.57 Å². The van der Waals surface area contributed by atoms with E-state index >= 15 is 0 Å². The van der Waals surface area contributed by atoms with Crippen LogP contribution in [-0.4, -0.2) is 70.6 Å². The van der Waals surface area contributed by atoms with E-state index in [1.807, 2.05) is 31.2 Å². The second kappa shape index (κ2) is 8.55. The summed E-state index contributed by atoms with van der Waals surface area (Å²) in [5.74, 6) is -0.555. The summed E-state index contributed by atoms with van der Waals surface area (Å²) in [5.41, 5.74) is 2.35. The van der Waals surface area contributed by atoms with Crippen LogP contribution < -0.4 is 0 Å². The van der Waals surface area contributed by atoms with Crippen molar-refractivity contribution in [3.63, 3.8) is 0 Å². The first-order valence-corrected chi connectivity index (χ1v) is 8.03. The zero-order valence-electron chi connectivity index (χ0n) is 14.2. The third kappa shape index (κ3) is 4.65. The highest BCUT2D eigenvalue weighted by Gasteiger charge is 2.43. The van der Waals surface area contributed by atoms with E-state index in [4.69, 9.17) is 4.74 Å². The summed E-state index contributed by atoms with van der Waals surface area (Å²) in [6.07, 6.45) is -4.71. The molecule has 7 heteroatoms. The van der Waals surface area contributed by atoms with Crippen LogP contribution in [0.5, 0.6) is 0 Å². The van der Waals surface area contributed by atoms with Gasteiger partial charge in [-0.15, -0.1) is 0 Å². The Morgan fingerprint density at radius 1 is 1.12 bits per heavy atom. The molecule has 0 spiro atoms. The molecule has 0 amide bonds. The Balaban J connectivity index is 2.28. The van der Waals surface area contributed by atoms with Crippen molar-refractivity contribution in [3.8, 4) is 0 Å². The predicted octanol–water partition coefficient (Wildman–Crippen LogP) is -0.216. The summed E-state index contributed by atoms with van der Waals surface area (Å²) < 4.78 is 10.2. The molecule has 1 aliphatic rings. The molecule has 0 aliphatic carbocycles. The normalized spacial score (nSPS) is 30.2. The number of hydrogen-bond donors (Lipinski definition) is 4. The molecule has 4 N–H and O–H groups in total. The molecule has 1 fully saturated rings. The Bertz CT molecular complexity index is 608. The zero-order chi connectivity index (χ0) is 18.6. The van der Waals surface area contributed by atoms with Crippen LogP contribution in [0.3, 0.4) is 0 Å². The fourth-order valence-corrected chi connectivity index (χ4v) is 2.79. The molecule has 1 aromatic rings.